The third kappa shape index (κ3) is 1.87. The summed E-state index contributed by atoms with van der Waals surface area (Å²) < 4.78 is 35.0. The van der Waals surface area contributed by atoms with E-state index in [1.807, 2.05) is 6.92 Å². The molecule has 0 aliphatic carbocycles. The van der Waals surface area contributed by atoms with Crippen LogP contribution in [0.2, 0.25) is 0 Å². The van der Waals surface area contributed by atoms with Gasteiger partial charge in [-0.3, -0.25) is 4.90 Å². The van der Waals surface area contributed by atoms with Crippen LogP contribution in [0.4, 0.5) is 13.2 Å². The summed E-state index contributed by atoms with van der Waals surface area (Å²) in [6, 6.07) is 0.127. The first-order valence-electron chi connectivity index (χ1n) is 3.30. The van der Waals surface area contributed by atoms with E-state index in [1.54, 1.807) is 0 Å². The third-order valence-electron chi connectivity index (χ3n) is 1.84. The second kappa shape index (κ2) is 2.42. The highest BCUT2D eigenvalue weighted by atomic mass is 19.4. The first-order valence-corrected chi connectivity index (χ1v) is 3.30. The van der Waals surface area contributed by atoms with E-state index in [0.29, 0.717) is 6.54 Å². The van der Waals surface area contributed by atoms with Crippen LogP contribution in [0.1, 0.15) is 13.3 Å². The zero-order chi connectivity index (χ0) is 7.78. The van der Waals surface area contributed by atoms with Crippen molar-refractivity contribution in [3.8, 4) is 0 Å². The molecule has 0 aromatic heterocycles. The van der Waals surface area contributed by atoms with Crippen LogP contribution in [0, 0.1) is 0 Å². The van der Waals surface area contributed by atoms with Crippen molar-refractivity contribution in [2.24, 2.45) is 0 Å². The van der Waals surface area contributed by atoms with Gasteiger partial charge in [-0.15, -0.1) is 0 Å². The Balaban J connectivity index is 2.26. The van der Waals surface area contributed by atoms with E-state index in [9.17, 15) is 13.2 Å². The summed E-state index contributed by atoms with van der Waals surface area (Å²) in [5.41, 5.74) is 0. The molecule has 1 heterocycles. The lowest BCUT2D eigenvalue weighted by Crippen LogP contribution is -2.49. The highest BCUT2D eigenvalue weighted by Crippen LogP contribution is 2.23. The van der Waals surface area contributed by atoms with Crippen LogP contribution in [0.15, 0.2) is 0 Å². The predicted molar refractivity (Wildman–Crippen MR) is 31.7 cm³/mol. The van der Waals surface area contributed by atoms with E-state index in [0.717, 1.165) is 6.42 Å². The molecule has 1 atom stereocenters. The van der Waals surface area contributed by atoms with Crippen LogP contribution in [0.3, 0.4) is 0 Å². The molecule has 1 fully saturated rings. The zero-order valence-electron chi connectivity index (χ0n) is 5.78. The molecule has 4 heteroatoms. The van der Waals surface area contributed by atoms with Crippen molar-refractivity contribution < 1.29 is 13.2 Å². The Labute approximate surface area is 57.8 Å². The molecule has 0 saturated carbocycles. The SMILES string of the molecule is C[C@H]1CCN1CC(F)(F)F. The average Bonchev–Trinajstić information content (AvgIpc) is 1.78. The van der Waals surface area contributed by atoms with Crippen LogP contribution in [0.25, 0.3) is 0 Å². The number of nitrogens with zero attached hydrogens (tertiary/aromatic N) is 1. The Morgan fingerprint density at radius 2 is 2.10 bits per heavy atom. The van der Waals surface area contributed by atoms with Crippen molar-refractivity contribution in [2.45, 2.75) is 25.6 Å². The lowest BCUT2D eigenvalue weighted by molar-refractivity contribution is -0.160. The highest BCUT2D eigenvalue weighted by molar-refractivity contribution is 4.80. The number of likely N-dealkylation sites (tertiary alicyclic amines) is 1. The van der Waals surface area contributed by atoms with E-state index < -0.39 is 12.7 Å². The molecule has 60 valence electrons. The van der Waals surface area contributed by atoms with Gasteiger partial charge in [0.2, 0.25) is 0 Å². The van der Waals surface area contributed by atoms with Crippen LogP contribution in [-0.2, 0) is 0 Å². The van der Waals surface area contributed by atoms with Crippen LogP contribution in [-0.4, -0.2) is 30.2 Å². The summed E-state index contributed by atoms with van der Waals surface area (Å²) in [5, 5.41) is 0. The number of halogens is 3. The second-order valence-corrected chi connectivity index (χ2v) is 2.72. The molecule has 0 radical (unpaired) electrons. The van der Waals surface area contributed by atoms with Gasteiger partial charge in [-0.05, 0) is 13.3 Å². The Morgan fingerprint density at radius 3 is 2.20 bits per heavy atom. The number of hydrogen-bond donors (Lipinski definition) is 0. The van der Waals surface area contributed by atoms with Crippen molar-refractivity contribution in [3.05, 3.63) is 0 Å². The van der Waals surface area contributed by atoms with E-state index in [2.05, 4.69) is 0 Å². The lowest BCUT2D eigenvalue weighted by atomic mass is 10.1. The van der Waals surface area contributed by atoms with Gasteiger partial charge in [-0.2, -0.15) is 13.2 Å². The van der Waals surface area contributed by atoms with Crippen molar-refractivity contribution >= 4 is 0 Å². The number of alkyl halides is 3. The number of hydrogen-bond acceptors (Lipinski definition) is 1. The van der Waals surface area contributed by atoms with Crippen molar-refractivity contribution in [1.29, 1.82) is 0 Å². The van der Waals surface area contributed by atoms with Crippen LogP contribution < -0.4 is 0 Å². The summed E-state index contributed by atoms with van der Waals surface area (Å²) in [4.78, 5) is 1.43. The summed E-state index contributed by atoms with van der Waals surface area (Å²) in [7, 11) is 0. The minimum absolute atomic E-state index is 0.127. The molecular formula is C6H10F3N. The molecule has 0 amide bonds. The molecule has 1 aliphatic heterocycles. The average molecular weight is 153 g/mol. The molecule has 0 bridgehead atoms. The molecule has 0 spiro atoms. The molecule has 1 rings (SSSR count). The Hall–Kier alpha value is -0.250. The summed E-state index contributed by atoms with van der Waals surface area (Å²) in [5.74, 6) is 0. The molecule has 1 aliphatic rings. The standard InChI is InChI=1S/C6H10F3N/c1-5-2-3-10(5)4-6(7,8)9/h5H,2-4H2,1H3/t5-/m0/s1. The van der Waals surface area contributed by atoms with Crippen molar-refractivity contribution in [3.63, 3.8) is 0 Å². The zero-order valence-corrected chi connectivity index (χ0v) is 5.78. The lowest BCUT2D eigenvalue weighted by Gasteiger charge is -2.38. The first kappa shape index (κ1) is 7.85. The first-order chi connectivity index (χ1) is 4.49. The van der Waals surface area contributed by atoms with Gasteiger partial charge >= 0.3 is 6.18 Å². The number of rotatable bonds is 1. The molecule has 0 aromatic rings. The molecule has 0 aromatic carbocycles. The Morgan fingerprint density at radius 1 is 1.50 bits per heavy atom. The van der Waals surface area contributed by atoms with E-state index in [-0.39, 0.29) is 6.04 Å². The van der Waals surface area contributed by atoms with Gasteiger partial charge in [0.1, 0.15) is 0 Å². The fourth-order valence-corrected chi connectivity index (χ4v) is 1.04. The maximum atomic E-state index is 11.7. The fraction of sp³-hybridized carbons (Fsp3) is 1.00. The van der Waals surface area contributed by atoms with Gasteiger partial charge in [0.25, 0.3) is 0 Å². The van der Waals surface area contributed by atoms with Crippen molar-refractivity contribution in [2.75, 3.05) is 13.1 Å². The normalized spacial score (nSPS) is 28.2. The maximum Gasteiger partial charge on any atom is 0.401 e. The summed E-state index contributed by atoms with van der Waals surface area (Å²) in [6.07, 6.45) is -3.12. The summed E-state index contributed by atoms with van der Waals surface area (Å²) >= 11 is 0. The Bertz CT molecular complexity index is 121. The smallest absolute Gasteiger partial charge is 0.292 e. The summed E-state index contributed by atoms with van der Waals surface area (Å²) in [6.45, 7) is 1.67. The van der Waals surface area contributed by atoms with Gasteiger partial charge in [0, 0.05) is 12.6 Å². The fourth-order valence-electron chi connectivity index (χ4n) is 1.04. The van der Waals surface area contributed by atoms with Gasteiger partial charge in [-0.1, -0.05) is 0 Å². The minimum Gasteiger partial charge on any atom is -0.292 e. The quantitative estimate of drug-likeness (QED) is 0.553. The monoisotopic (exact) mass is 153 g/mol. The topological polar surface area (TPSA) is 3.24 Å². The van der Waals surface area contributed by atoms with Gasteiger partial charge in [0.05, 0.1) is 6.54 Å². The molecule has 1 saturated heterocycles. The molecule has 10 heavy (non-hydrogen) atoms. The van der Waals surface area contributed by atoms with Crippen molar-refractivity contribution in [1.82, 2.24) is 4.90 Å². The maximum absolute atomic E-state index is 11.7. The van der Waals surface area contributed by atoms with E-state index >= 15 is 0 Å². The van der Waals surface area contributed by atoms with Crippen LogP contribution in [0.5, 0.6) is 0 Å². The van der Waals surface area contributed by atoms with Gasteiger partial charge in [-0.25, -0.2) is 0 Å². The predicted octanol–water partition coefficient (Wildman–Crippen LogP) is 1.64. The Kier molecular flexibility index (Phi) is 1.90. The van der Waals surface area contributed by atoms with E-state index in [4.69, 9.17) is 0 Å². The van der Waals surface area contributed by atoms with Crippen LogP contribution >= 0.6 is 0 Å². The second-order valence-electron chi connectivity index (χ2n) is 2.72. The van der Waals surface area contributed by atoms with Gasteiger partial charge in [0.15, 0.2) is 0 Å². The highest BCUT2D eigenvalue weighted by Gasteiger charge is 2.35. The van der Waals surface area contributed by atoms with Gasteiger partial charge < -0.3 is 0 Å². The molecule has 0 unspecified atom stereocenters. The molecule has 1 nitrogen and oxygen atoms in total. The third-order valence-corrected chi connectivity index (χ3v) is 1.84. The largest absolute Gasteiger partial charge is 0.401 e. The minimum atomic E-state index is -4.02. The molecular weight excluding hydrogens is 143 g/mol. The molecule has 0 N–H and O–H groups in total. The van der Waals surface area contributed by atoms with E-state index in [1.165, 1.54) is 4.90 Å².